The molecule has 0 saturated carbocycles. The molecule has 1 amide bonds. The summed E-state index contributed by atoms with van der Waals surface area (Å²) >= 11 is 0. The Kier molecular flexibility index (Phi) is 5.82. The smallest absolute Gasteiger partial charge is 0.254 e. The molecule has 0 bridgehead atoms. The summed E-state index contributed by atoms with van der Waals surface area (Å²) in [6.07, 6.45) is 0. The van der Waals surface area contributed by atoms with Crippen LogP contribution in [0.15, 0.2) is 66.7 Å². The largest absolute Gasteiger partial charge is 0.454 e. The number of aromatic nitrogens is 1. The minimum atomic E-state index is 0.0716. The molecule has 6 rings (SSSR count). The second-order valence-electron chi connectivity index (χ2n) is 9.65. The molecule has 0 aliphatic carbocycles. The third-order valence-electron chi connectivity index (χ3n) is 7.11. The van der Waals surface area contributed by atoms with Crippen molar-refractivity contribution in [1.29, 1.82) is 0 Å². The number of hydrogen-bond donors (Lipinski definition) is 0. The summed E-state index contributed by atoms with van der Waals surface area (Å²) in [5.74, 6) is 1.69. The number of rotatable bonds is 4. The minimum absolute atomic E-state index is 0.0716. The Morgan fingerprint density at radius 2 is 1.69 bits per heavy atom. The number of ether oxygens (including phenoxy) is 2. The summed E-state index contributed by atoms with van der Waals surface area (Å²) < 4.78 is 10.9. The zero-order valence-electron chi connectivity index (χ0n) is 20.7. The summed E-state index contributed by atoms with van der Waals surface area (Å²) in [7, 11) is 0. The highest BCUT2D eigenvalue weighted by Crippen LogP contribution is 2.33. The number of carbonyl (C=O) groups is 1. The number of benzene rings is 3. The maximum atomic E-state index is 13.8. The lowest BCUT2D eigenvalue weighted by Gasteiger charge is -2.35. The third-order valence-corrected chi connectivity index (χ3v) is 7.11. The number of amides is 1. The lowest BCUT2D eigenvalue weighted by molar-refractivity contribution is 0.0630. The van der Waals surface area contributed by atoms with Gasteiger partial charge in [0.2, 0.25) is 6.79 Å². The third kappa shape index (κ3) is 4.29. The zero-order chi connectivity index (χ0) is 24.6. The molecule has 1 fully saturated rings. The summed E-state index contributed by atoms with van der Waals surface area (Å²) in [4.78, 5) is 23.0. The summed E-state index contributed by atoms with van der Waals surface area (Å²) in [6, 6.07) is 22.4. The van der Waals surface area contributed by atoms with Crippen molar-refractivity contribution >= 4 is 16.8 Å². The van der Waals surface area contributed by atoms with Gasteiger partial charge < -0.3 is 14.4 Å². The molecule has 182 valence electrons. The highest BCUT2D eigenvalue weighted by molar-refractivity contribution is 6.07. The molecule has 0 N–H and O–H groups in total. The van der Waals surface area contributed by atoms with E-state index in [1.165, 1.54) is 11.1 Å². The van der Waals surface area contributed by atoms with Crippen LogP contribution in [-0.2, 0) is 6.54 Å². The van der Waals surface area contributed by atoms with Gasteiger partial charge in [0, 0.05) is 43.7 Å². The van der Waals surface area contributed by atoms with E-state index < -0.39 is 0 Å². The summed E-state index contributed by atoms with van der Waals surface area (Å²) in [6.45, 7) is 8.34. The number of aryl methyl sites for hydroxylation is 2. The second-order valence-corrected chi connectivity index (χ2v) is 9.65. The Morgan fingerprint density at radius 3 is 2.53 bits per heavy atom. The molecular weight excluding hydrogens is 450 g/mol. The van der Waals surface area contributed by atoms with Gasteiger partial charge in [0.15, 0.2) is 11.5 Å². The predicted molar refractivity (Wildman–Crippen MR) is 140 cm³/mol. The van der Waals surface area contributed by atoms with Crippen molar-refractivity contribution in [3.8, 4) is 22.8 Å². The monoisotopic (exact) mass is 479 g/mol. The number of fused-ring (bicyclic) bond motifs is 2. The van der Waals surface area contributed by atoms with Crippen molar-refractivity contribution in [3.63, 3.8) is 0 Å². The minimum Gasteiger partial charge on any atom is -0.454 e. The molecule has 0 atom stereocenters. The van der Waals surface area contributed by atoms with E-state index in [2.05, 4.69) is 49.1 Å². The Hall–Kier alpha value is -3.90. The molecule has 2 aliphatic rings. The van der Waals surface area contributed by atoms with Crippen molar-refractivity contribution in [3.05, 3.63) is 89.0 Å². The van der Waals surface area contributed by atoms with E-state index in [0.717, 1.165) is 64.4 Å². The van der Waals surface area contributed by atoms with Gasteiger partial charge in [-0.25, -0.2) is 4.98 Å². The van der Waals surface area contributed by atoms with Gasteiger partial charge in [0.05, 0.1) is 16.8 Å². The molecule has 6 nitrogen and oxygen atoms in total. The number of para-hydroxylation sites is 1. The summed E-state index contributed by atoms with van der Waals surface area (Å²) in [5.41, 5.74) is 7.04. The number of hydrogen-bond acceptors (Lipinski definition) is 5. The number of pyridine rings is 1. The van der Waals surface area contributed by atoms with Crippen LogP contribution in [0.3, 0.4) is 0 Å². The highest BCUT2D eigenvalue weighted by Gasteiger charge is 2.25. The maximum absolute atomic E-state index is 13.8. The van der Waals surface area contributed by atoms with Crippen molar-refractivity contribution in [2.24, 2.45) is 0 Å². The highest BCUT2D eigenvalue weighted by atomic mass is 16.7. The number of carbonyl (C=O) groups excluding carboxylic acids is 1. The zero-order valence-corrected chi connectivity index (χ0v) is 20.7. The van der Waals surface area contributed by atoms with Crippen LogP contribution in [0.25, 0.3) is 22.2 Å². The molecule has 0 radical (unpaired) electrons. The lowest BCUT2D eigenvalue weighted by Crippen LogP contribution is -2.48. The molecule has 0 unspecified atom stereocenters. The Labute approximate surface area is 211 Å². The quantitative estimate of drug-likeness (QED) is 0.402. The van der Waals surface area contributed by atoms with Gasteiger partial charge in [0.25, 0.3) is 5.91 Å². The van der Waals surface area contributed by atoms with Crippen molar-refractivity contribution in [1.82, 2.24) is 14.8 Å². The lowest BCUT2D eigenvalue weighted by atomic mass is 9.99. The molecular formula is C30H29N3O3. The first kappa shape index (κ1) is 22.6. The Morgan fingerprint density at radius 1 is 0.889 bits per heavy atom. The molecule has 3 aromatic carbocycles. The van der Waals surface area contributed by atoms with E-state index >= 15 is 0 Å². The fourth-order valence-electron chi connectivity index (χ4n) is 5.17. The van der Waals surface area contributed by atoms with Crippen LogP contribution >= 0.6 is 0 Å². The normalized spacial score (nSPS) is 15.4. The molecule has 3 heterocycles. The van der Waals surface area contributed by atoms with Gasteiger partial charge in [-0.05, 0) is 49.2 Å². The van der Waals surface area contributed by atoms with E-state index in [-0.39, 0.29) is 12.7 Å². The first-order valence-electron chi connectivity index (χ1n) is 12.4. The van der Waals surface area contributed by atoms with E-state index in [1.807, 2.05) is 41.3 Å². The van der Waals surface area contributed by atoms with E-state index in [4.69, 9.17) is 14.5 Å². The molecule has 36 heavy (non-hydrogen) atoms. The van der Waals surface area contributed by atoms with Gasteiger partial charge >= 0.3 is 0 Å². The van der Waals surface area contributed by atoms with Crippen molar-refractivity contribution in [2.75, 3.05) is 33.0 Å². The maximum Gasteiger partial charge on any atom is 0.254 e. The average molecular weight is 480 g/mol. The van der Waals surface area contributed by atoms with Gasteiger partial charge in [0.1, 0.15) is 0 Å². The van der Waals surface area contributed by atoms with Crippen LogP contribution in [-0.4, -0.2) is 53.7 Å². The van der Waals surface area contributed by atoms with Gasteiger partial charge in [-0.2, -0.15) is 0 Å². The molecule has 0 spiro atoms. The summed E-state index contributed by atoms with van der Waals surface area (Å²) in [5, 5.41) is 0.902. The van der Waals surface area contributed by atoms with Gasteiger partial charge in [-0.1, -0.05) is 48.0 Å². The first-order valence-corrected chi connectivity index (χ1v) is 12.4. The van der Waals surface area contributed by atoms with Crippen LogP contribution in [0, 0.1) is 13.8 Å². The van der Waals surface area contributed by atoms with E-state index in [9.17, 15) is 4.79 Å². The fourth-order valence-corrected chi connectivity index (χ4v) is 5.17. The standard InChI is InChI=1S/C30H29N3O3/c1-20-7-9-23(21(2)15-20)27-17-25(24-5-3-4-6-26(24)31-27)30(34)33-13-11-32(12-14-33)18-22-8-10-28-29(16-22)36-19-35-28/h3-10,15-17H,11-14,18-19H2,1-2H3. The fraction of sp³-hybridized carbons (Fsp3) is 0.267. The predicted octanol–water partition coefficient (Wildman–Crippen LogP) is 5.21. The van der Waals surface area contributed by atoms with E-state index in [0.29, 0.717) is 13.1 Å². The van der Waals surface area contributed by atoms with Gasteiger partial charge in [-0.15, -0.1) is 0 Å². The van der Waals surface area contributed by atoms with Gasteiger partial charge in [-0.3, -0.25) is 9.69 Å². The first-order chi connectivity index (χ1) is 17.5. The van der Waals surface area contributed by atoms with Crippen molar-refractivity contribution in [2.45, 2.75) is 20.4 Å². The molecule has 4 aromatic rings. The molecule has 2 aliphatic heterocycles. The Balaban J connectivity index is 1.22. The van der Waals surface area contributed by atoms with Crippen LogP contribution in [0.5, 0.6) is 11.5 Å². The van der Waals surface area contributed by atoms with Crippen LogP contribution in [0.1, 0.15) is 27.0 Å². The average Bonchev–Trinajstić information content (AvgIpc) is 3.36. The van der Waals surface area contributed by atoms with E-state index in [1.54, 1.807) is 0 Å². The SMILES string of the molecule is Cc1ccc(-c2cc(C(=O)N3CCN(Cc4ccc5c(c4)OCO5)CC3)c3ccccc3n2)c(C)c1. The number of piperazine rings is 1. The molecule has 1 saturated heterocycles. The Bertz CT molecular complexity index is 1460. The topological polar surface area (TPSA) is 54.9 Å². The molecule has 6 heteroatoms. The number of nitrogens with zero attached hydrogens (tertiary/aromatic N) is 3. The van der Waals surface area contributed by atoms with Crippen LogP contribution in [0.2, 0.25) is 0 Å². The van der Waals surface area contributed by atoms with Crippen LogP contribution in [0.4, 0.5) is 0 Å². The van der Waals surface area contributed by atoms with Crippen molar-refractivity contribution < 1.29 is 14.3 Å². The molecule has 1 aromatic heterocycles. The van der Waals surface area contributed by atoms with Crippen LogP contribution < -0.4 is 9.47 Å². The second kappa shape index (κ2) is 9.28.